The van der Waals surface area contributed by atoms with E-state index in [1.54, 1.807) is 42.7 Å². The third-order valence-electron chi connectivity index (χ3n) is 3.03. The zero-order valence-corrected chi connectivity index (χ0v) is 14.5. The summed E-state index contributed by atoms with van der Waals surface area (Å²) in [5, 5.41) is 2.29. The Hall–Kier alpha value is -2.83. The van der Waals surface area contributed by atoms with Gasteiger partial charge in [-0.3, -0.25) is 10.3 Å². The molecule has 1 heterocycles. The van der Waals surface area contributed by atoms with Gasteiger partial charge in [-0.15, -0.1) is 0 Å². The number of alkyl carbamates (subject to hydrolysis) is 1. The topological polar surface area (TPSA) is 50.7 Å². The van der Waals surface area contributed by atoms with E-state index in [1.165, 1.54) is 12.2 Å². The summed E-state index contributed by atoms with van der Waals surface area (Å²) in [5.74, 6) is 0. The predicted molar refractivity (Wildman–Crippen MR) is 96.9 cm³/mol. The van der Waals surface area contributed by atoms with Crippen LogP contribution in [0.2, 0.25) is 0 Å². The van der Waals surface area contributed by atoms with Crippen molar-refractivity contribution >= 4 is 12.3 Å². The van der Waals surface area contributed by atoms with Crippen LogP contribution in [-0.2, 0) is 4.74 Å². The highest BCUT2D eigenvalue weighted by Crippen LogP contribution is 2.32. The molecule has 1 aliphatic heterocycles. The second kappa shape index (κ2) is 10.2. The van der Waals surface area contributed by atoms with E-state index in [9.17, 15) is 18.0 Å². The van der Waals surface area contributed by atoms with E-state index in [-0.39, 0.29) is 5.70 Å². The van der Waals surface area contributed by atoms with Crippen LogP contribution in [0.1, 0.15) is 13.8 Å². The van der Waals surface area contributed by atoms with Crippen LogP contribution in [0.5, 0.6) is 0 Å². The third kappa shape index (κ3) is 8.32. The highest BCUT2D eigenvalue weighted by atomic mass is 19.4. The Morgan fingerprint density at radius 2 is 1.69 bits per heavy atom. The largest absolute Gasteiger partial charge is 0.434 e. The molecule has 1 amide bonds. The van der Waals surface area contributed by atoms with Gasteiger partial charge in [-0.1, -0.05) is 48.6 Å². The zero-order chi connectivity index (χ0) is 19.5. The normalized spacial score (nSPS) is 24.1. The van der Waals surface area contributed by atoms with Crippen LogP contribution in [0, 0.1) is 0 Å². The van der Waals surface area contributed by atoms with E-state index in [1.807, 2.05) is 18.2 Å². The number of carbonyl (C=O) groups excluding carboxylic acids is 1. The van der Waals surface area contributed by atoms with Crippen molar-refractivity contribution < 1.29 is 22.7 Å². The van der Waals surface area contributed by atoms with Crippen molar-refractivity contribution in [2.75, 3.05) is 6.54 Å². The minimum Gasteiger partial charge on any atom is -0.434 e. The second-order valence-corrected chi connectivity index (χ2v) is 5.60. The molecular weight excluding hydrogens is 345 g/mol. The molecule has 4 nitrogen and oxygen atoms in total. The number of aliphatic imine (C=N–C) groups is 1. The third-order valence-corrected chi connectivity index (χ3v) is 3.03. The number of hydrogen-bond donors (Lipinski definition) is 1. The molecular formula is C19H21F3N2O2. The molecule has 0 bridgehead atoms. The number of nitrogens with zero attached hydrogens (tertiary/aromatic N) is 1. The predicted octanol–water partition coefficient (Wildman–Crippen LogP) is 4.80. The van der Waals surface area contributed by atoms with Gasteiger partial charge in [0.15, 0.2) is 0 Å². The average molecular weight is 366 g/mol. The number of amides is 1. The molecule has 0 radical (unpaired) electrons. The molecule has 1 rings (SSSR count). The fourth-order valence-electron chi connectivity index (χ4n) is 1.52. The Labute approximate surface area is 150 Å². The number of halogens is 3. The minimum atomic E-state index is -4.67. The number of rotatable bonds is 2. The molecule has 0 fully saturated rings. The lowest BCUT2D eigenvalue weighted by molar-refractivity contribution is -0.243. The average Bonchev–Trinajstić information content (AvgIpc) is 2.53. The van der Waals surface area contributed by atoms with Gasteiger partial charge in [0.25, 0.3) is 0 Å². The first-order valence-electron chi connectivity index (χ1n) is 7.82. The molecule has 0 unspecified atom stereocenters. The summed E-state index contributed by atoms with van der Waals surface area (Å²) in [6.07, 6.45) is 14.5. The fraction of sp³-hybridized carbons (Fsp3) is 0.263. The van der Waals surface area contributed by atoms with Crippen molar-refractivity contribution in [1.82, 2.24) is 5.32 Å². The van der Waals surface area contributed by atoms with Crippen molar-refractivity contribution in [3.05, 3.63) is 72.5 Å². The molecule has 7 heteroatoms. The molecule has 0 saturated carbocycles. The summed E-state index contributed by atoms with van der Waals surface area (Å²) in [4.78, 5) is 15.9. The molecule has 0 aromatic rings. The van der Waals surface area contributed by atoms with Crippen molar-refractivity contribution in [3.8, 4) is 0 Å². The fourth-order valence-corrected chi connectivity index (χ4v) is 1.52. The van der Waals surface area contributed by atoms with E-state index in [2.05, 4.69) is 15.0 Å². The summed E-state index contributed by atoms with van der Waals surface area (Å²) in [6.45, 7) is 2.09. The molecule has 0 saturated heterocycles. The van der Waals surface area contributed by atoms with E-state index in [0.717, 1.165) is 13.8 Å². The summed E-state index contributed by atoms with van der Waals surface area (Å²) in [7, 11) is 0. The lowest BCUT2D eigenvalue weighted by Crippen LogP contribution is -2.45. The Balaban J connectivity index is 2.88. The molecule has 26 heavy (non-hydrogen) atoms. The van der Waals surface area contributed by atoms with Crippen LogP contribution in [-0.4, -0.2) is 30.6 Å². The van der Waals surface area contributed by atoms with Crippen LogP contribution >= 0.6 is 0 Å². The summed E-state index contributed by atoms with van der Waals surface area (Å²) < 4.78 is 42.9. The quantitative estimate of drug-likeness (QED) is 0.763. The number of alkyl halides is 3. The standard InChI is InChI=1S/C19H21F3N2O2/c1-18(2,19(20,21)22)26-17(25)24-16-12-8-6-4-3-5-7-10-14-23-15-11-9-13-16/h3-13,15H,14H2,1-2H3,(H,24,25)/b5-3-,6-4+,10-7-,11-9-,12-8-,16-13+,23-15?. The lowest BCUT2D eigenvalue weighted by Gasteiger charge is -2.27. The van der Waals surface area contributed by atoms with Gasteiger partial charge in [-0.25, -0.2) is 4.79 Å². The van der Waals surface area contributed by atoms with Crippen LogP contribution in [0.3, 0.4) is 0 Å². The van der Waals surface area contributed by atoms with Gasteiger partial charge in [0, 0.05) is 11.9 Å². The van der Waals surface area contributed by atoms with Crippen LogP contribution in [0.4, 0.5) is 18.0 Å². The molecule has 140 valence electrons. The van der Waals surface area contributed by atoms with Gasteiger partial charge < -0.3 is 4.74 Å². The van der Waals surface area contributed by atoms with Gasteiger partial charge in [0.1, 0.15) is 0 Å². The maximum atomic E-state index is 12.8. The van der Waals surface area contributed by atoms with Gasteiger partial charge in [0.05, 0.1) is 6.54 Å². The van der Waals surface area contributed by atoms with Gasteiger partial charge in [0.2, 0.25) is 5.60 Å². The number of allylic oxidation sites excluding steroid dienone is 10. The Morgan fingerprint density at radius 3 is 2.38 bits per heavy atom. The first kappa shape index (κ1) is 21.2. The summed E-state index contributed by atoms with van der Waals surface area (Å²) in [6, 6.07) is 0. The van der Waals surface area contributed by atoms with Crippen molar-refractivity contribution in [2.24, 2.45) is 4.99 Å². The van der Waals surface area contributed by atoms with Crippen LogP contribution in [0.15, 0.2) is 77.5 Å². The highest BCUT2D eigenvalue weighted by molar-refractivity contribution is 5.73. The van der Waals surface area contributed by atoms with E-state index < -0.39 is 17.9 Å². The van der Waals surface area contributed by atoms with Crippen LogP contribution in [0.25, 0.3) is 0 Å². The number of nitrogens with one attached hydrogen (secondary N) is 1. The van der Waals surface area contributed by atoms with E-state index in [4.69, 9.17) is 0 Å². The lowest BCUT2D eigenvalue weighted by atomic mass is 10.1. The minimum absolute atomic E-state index is 0.263. The molecule has 0 aromatic heterocycles. The Morgan fingerprint density at radius 1 is 1.04 bits per heavy atom. The molecule has 1 N–H and O–H groups in total. The van der Waals surface area contributed by atoms with Crippen molar-refractivity contribution in [3.63, 3.8) is 0 Å². The van der Waals surface area contributed by atoms with Crippen molar-refractivity contribution in [1.29, 1.82) is 0 Å². The smallest absolute Gasteiger partial charge is 0.427 e. The van der Waals surface area contributed by atoms with Gasteiger partial charge in [-0.2, -0.15) is 13.2 Å². The number of hydrogen-bond acceptors (Lipinski definition) is 3. The molecule has 1 aliphatic rings. The Kier molecular flexibility index (Phi) is 8.34. The molecule has 0 atom stereocenters. The maximum absolute atomic E-state index is 12.8. The highest BCUT2D eigenvalue weighted by Gasteiger charge is 2.50. The second-order valence-electron chi connectivity index (χ2n) is 5.60. The zero-order valence-electron chi connectivity index (χ0n) is 14.5. The number of carbonyl (C=O) groups is 1. The Bertz CT molecular complexity index is 679. The SMILES string of the molecule is CC(C)(OC(=O)NC1=C/C=C\C=NC/C=C\C=C/C=C/C=C\1)C(F)(F)F. The number of ether oxygens (including phenoxy) is 1. The van der Waals surface area contributed by atoms with Crippen molar-refractivity contribution in [2.45, 2.75) is 25.6 Å². The van der Waals surface area contributed by atoms with Crippen LogP contribution < -0.4 is 5.32 Å². The monoisotopic (exact) mass is 366 g/mol. The molecule has 0 aliphatic carbocycles. The maximum Gasteiger partial charge on any atom is 0.427 e. The van der Waals surface area contributed by atoms with Gasteiger partial charge >= 0.3 is 12.3 Å². The summed E-state index contributed by atoms with van der Waals surface area (Å²) >= 11 is 0. The first-order chi connectivity index (χ1) is 12.2. The van der Waals surface area contributed by atoms with E-state index in [0.29, 0.717) is 6.54 Å². The van der Waals surface area contributed by atoms with Gasteiger partial charge in [-0.05, 0) is 32.1 Å². The van der Waals surface area contributed by atoms with E-state index >= 15 is 0 Å². The molecule has 0 spiro atoms. The first-order valence-corrected chi connectivity index (χ1v) is 7.82. The molecule has 0 aromatic carbocycles. The summed E-state index contributed by atoms with van der Waals surface area (Å²) in [5.41, 5.74) is -2.33.